The van der Waals surface area contributed by atoms with E-state index in [-0.39, 0.29) is 18.0 Å². The summed E-state index contributed by atoms with van der Waals surface area (Å²) in [6.45, 7) is 2.07. The third-order valence-electron chi connectivity index (χ3n) is 4.40. The molecule has 0 bridgehead atoms. The predicted octanol–water partition coefficient (Wildman–Crippen LogP) is 3.48. The number of ether oxygens (including phenoxy) is 4. The molecule has 0 aromatic heterocycles. The Morgan fingerprint density at radius 1 is 0.655 bits per heavy atom. The van der Waals surface area contributed by atoms with Crippen molar-refractivity contribution in [2.45, 2.75) is 6.42 Å². The Bertz CT molecular complexity index is 909. The molecule has 148 valence electrons. The molecule has 0 N–H and O–H groups in total. The van der Waals surface area contributed by atoms with Gasteiger partial charge in [-0.3, -0.25) is 9.59 Å². The number of fused-ring (bicyclic) bond motifs is 2. The van der Waals surface area contributed by atoms with E-state index in [2.05, 4.69) is 0 Å². The molecule has 0 atom stereocenters. The number of carbonyl (C=O) groups excluding carboxylic acids is 2. The van der Waals surface area contributed by atoms with Gasteiger partial charge in [0.2, 0.25) is 0 Å². The van der Waals surface area contributed by atoms with E-state index in [1.165, 1.54) is 12.2 Å². The van der Waals surface area contributed by atoms with Crippen molar-refractivity contribution in [3.63, 3.8) is 0 Å². The van der Waals surface area contributed by atoms with Gasteiger partial charge in [0.15, 0.2) is 34.6 Å². The van der Waals surface area contributed by atoms with E-state index in [0.29, 0.717) is 49.4 Å². The van der Waals surface area contributed by atoms with Crippen molar-refractivity contribution in [1.29, 1.82) is 0 Å². The molecule has 0 fully saturated rings. The fourth-order valence-electron chi connectivity index (χ4n) is 3.00. The Hall–Kier alpha value is -3.54. The second kappa shape index (κ2) is 8.65. The quantitative estimate of drug-likeness (QED) is 0.554. The average molecular weight is 392 g/mol. The topological polar surface area (TPSA) is 71.1 Å². The summed E-state index contributed by atoms with van der Waals surface area (Å²) in [4.78, 5) is 24.2. The molecule has 0 spiro atoms. The van der Waals surface area contributed by atoms with Gasteiger partial charge in [0, 0.05) is 0 Å². The maximum atomic E-state index is 12.1. The van der Waals surface area contributed by atoms with Gasteiger partial charge < -0.3 is 18.9 Å². The molecule has 6 nitrogen and oxygen atoms in total. The van der Waals surface area contributed by atoms with E-state index in [1.807, 2.05) is 24.3 Å². The monoisotopic (exact) mass is 392 g/mol. The summed E-state index contributed by atoms with van der Waals surface area (Å²) >= 11 is 0. The molecular weight excluding hydrogens is 372 g/mol. The number of hydrogen-bond donors (Lipinski definition) is 0. The number of allylic oxidation sites excluding steroid dienone is 2. The summed E-state index contributed by atoms with van der Waals surface area (Å²) in [5, 5.41) is 0. The summed E-state index contributed by atoms with van der Waals surface area (Å²) < 4.78 is 22.0. The van der Waals surface area contributed by atoms with Gasteiger partial charge in [-0.15, -0.1) is 0 Å². The third kappa shape index (κ3) is 4.85. The van der Waals surface area contributed by atoms with Crippen LogP contribution in [-0.2, 0) is 9.59 Å². The van der Waals surface area contributed by atoms with E-state index in [4.69, 9.17) is 18.9 Å². The smallest absolute Gasteiger partial charge is 0.163 e. The van der Waals surface area contributed by atoms with Gasteiger partial charge in [0.1, 0.15) is 26.4 Å². The van der Waals surface area contributed by atoms with Crippen LogP contribution in [0.2, 0.25) is 0 Å². The minimum atomic E-state index is -0.267. The maximum absolute atomic E-state index is 12.1. The zero-order chi connectivity index (χ0) is 20.1. The van der Waals surface area contributed by atoms with Crippen LogP contribution < -0.4 is 18.9 Å². The molecule has 0 unspecified atom stereocenters. The highest BCUT2D eigenvalue weighted by Gasteiger charge is 2.12. The van der Waals surface area contributed by atoms with Crippen LogP contribution in [0.15, 0.2) is 48.6 Å². The van der Waals surface area contributed by atoms with Gasteiger partial charge in [-0.1, -0.05) is 24.3 Å². The lowest BCUT2D eigenvalue weighted by atomic mass is 10.1. The number of ketones is 2. The highest BCUT2D eigenvalue weighted by Crippen LogP contribution is 2.32. The highest BCUT2D eigenvalue weighted by atomic mass is 16.6. The average Bonchev–Trinajstić information content (AvgIpc) is 2.76. The van der Waals surface area contributed by atoms with Crippen LogP contribution in [0.4, 0.5) is 0 Å². The van der Waals surface area contributed by atoms with Crippen molar-refractivity contribution in [3.8, 4) is 23.0 Å². The number of carbonyl (C=O) groups is 2. The number of rotatable bonds is 6. The largest absolute Gasteiger partial charge is 0.486 e. The molecular formula is C23H20O6. The maximum Gasteiger partial charge on any atom is 0.163 e. The van der Waals surface area contributed by atoms with Gasteiger partial charge in [-0.25, -0.2) is 0 Å². The van der Waals surface area contributed by atoms with Crippen molar-refractivity contribution in [2.24, 2.45) is 0 Å². The molecule has 29 heavy (non-hydrogen) atoms. The molecule has 2 aromatic rings. The summed E-state index contributed by atoms with van der Waals surface area (Å²) in [6, 6.07) is 10.9. The van der Waals surface area contributed by atoms with Crippen molar-refractivity contribution in [1.82, 2.24) is 0 Å². The molecule has 6 heteroatoms. The first-order valence-corrected chi connectivity index (χ1v) is 9.38. The SMILES string of the molecule is O=C(/C=C/c1ccc2c(c1)OCCO2)CC(=O)/C=C/c1ccc2c(c1)OCCO2. The molecule has 0 aliphatic carbocycles. The van der Waals surface area contributed by atoms with Crippen molar-refractivity contribution >= 4 is 23.7 Å². The summed E-state index contributed by atoms with van der Waals surface area (Å²) in [5.74, 6) is 2.17. The van der Waals surface area contributed by atoms with Crippen LogP contribution in [0.3, 0.4) is 0 Å². The summed E-state index contributed by atoms with van der Waals surface area (Å²) in [5.41, 5.74) is 1.61. The second-order valence-electron chi connectivity index (χ2n) is 6.58. The number of hydrogen-bond acceptors (Lipinski definition) is 6. The normalized spacial score (nSPS) is 14.9. The van der Waals surface area contributed by atoms with Crippen molar-refractivity contribution < 1.29 is 28.5 Å². The zero-order valence-corrected chi connectivity index (χ0v) is 15.8. The molecule has 0 amide bonds. The Kier molecular flexibility index (Phi) is 5.61. The van der Waals surface area contributed by atoms with Gasteiger partial charge in [0.25, 0.3) is 0 Å². The Labute approximate surface area is 168 Å². The molecule has 2 heterocycles. The lowest BCUT2D eigenvalue weighted by Crippen LogP contribution is -2.15. The van der Waals surface area contributed by atoms with Gasteiger partial charge >= 0.3 is 0 Å². The van der Waals surface area contributed by atoms with Crippen LogP contribution in [0.25, 0.3) is 12.2 Å². The van der Waals surface area contributed by atoms with Gasteiger partial charge in [-0.05, 0) is 47.5 Å². The Morgan fingerprint density at radius 3 is 1.52 bits per heavy atom. The molecule has 2 aromatic carbocycles. The molecule has 0 radical (unpaired) electrons. The van der Waals surface area contributed by atoms with E-state index in [1.54, 1.807) is 24.3 Å². The molecule has 0 saturated heterocycles. The lowest BCUT2D eigenvalue weighted by Gasteiger charge is -2.18. The summed E-state index contributed by atoms with van der Waals surface area (Å²) in [7, 11) is 0. The van der Waals surface area contributed by atoms with Crippen LogP contribution in [-0.4, -0.2) is 38.0 Å². The Balaban J connectivity index is 1.33. The van der Waals surface area contributed by atoms with Gasteiger partial charge in [-0.2, -0.15) is 0 Å². The summed E-state index contributed by atoms with van der Waals surface area (Å²) in [6.07, 6.45) is 5.95. The third-order valence-corrected chi connectivity index (χ3v) is 4.40. The molecule has 0 saturated carbocycles. The van der Waals surface area contributed by atoms with E-state index >= 15 is 0 Å². The lowest BCUT2D eigenvalue weighted by molar-refractivity contribution is -0.121. The van der Waals surface area contributed by atoms with Crippen LogP contribution in [0, 0.1) is 0 Å². The van der Waals surface area contributed by atoms with Crippen molar-refractivity contribution in [2.75, 3.05) is 26.4 Å². The fourth-order valence-corrected chi connectivity index (χ4v) is 3.00. The Morgan fingerprint density at radius 2 is 1.07 bits per heavy atom. The molecule has 2 aliphatic heterocycles. The van der Waals surface area contributed by atoms with Crippen LogP contribution in [0.5, 0.6) is 23.0 Å². The van der Waals surface area contributed by atoms with Crippen LogP contribution >= 0.6 is 0 Å². The number of benzene rings is 2. The fraction of sp³-hybridized carbons (Fsp3) is 0.217. The molecule has 4 rings (SSSR count). The minimum Gasteiger partial charge on any atom is -0.486 e. The minimum absolute atomic E-state index is 0.192. The molecule has 2 aliphatic rings. The zero-order valence-electron chi connectivity index (χ0n) is 15.8. The predicted molar refractivity (Wildman–Crippen MR) is 108 cm³/mol. The first-order valence-electron chi connectivity index (χ1n) is 9.38. The van der Waals surface area contributed by atoms with Gasteiger partial charge in [0.05, 0.1) is 6.42 Å². The second-order valence-corrected chi connectivity index (χ2v) is 6.58. The van der Waals surface area contributed by atoms with Crippen LogP contribution in [0.1, 0.15) is 17.5 Å². The van der Waals surface area contributed by atoms with E-state index in [9.17, 15) is 9.59 Å². The first-order chi connectivity index (χ1) is 14.2. The standard InChI is InChI=1S/C23H20O6/c24-18(5-1-16-3-7-20-22(13-16)28-11-9-26-20)15-19(25)6-2-17-4-8-21-23(14-17)29-12-10-27-21/h1-8,13-14H,9-12,15H2/b5-1+,6-2+. The van der Waals surface area contributed by atoms with E-state index in [0.717, 1.165) is 11.1 Å². The van der Waals surface area contributed by atoms with E-state index < -0.39 is 0 Å². The first kappa shape index (κ1) is 18.8. The highest BCUT2D eigenvalue weighted by molar-refractivity contribution is 6.10. The van der Waals surface area contributed by atoms with Crippen molar-refractivity contribution in [3.05, 3.63) is 59.7 Å².